The Labute approximate surface area is 150 Å². The lowest BCUT2D eigenvalue weighted by atomic mass is 10.1. The first-order chi connectivity index (χ1) is 12.4. The van der Waals surface area contributed by atoms with Crippen molar-refractivity contribution in [1.82, 2.24) is 25.6 Å². The fraction of sp³-hybridized carbons (Fsp3) is 0.471. The number of urea groups is 1. The zero-order chi connectivity index (χ0) is 18.7. The molecule has 8 nitrogen and oxygen atoms in total. The summed E-state index contributed by atoms with van der Waals surface area (Å²) in [4.78, 5) is 11.9. The predicted octanol–water partition coefficient (Wildman–Crippen LogP) is 0.920. The van der Waals surface area contributed by atoms with Crippen LogP contribution in [0.25, 0.3) is 11.3 Å². The minimum Gasteiger partial charge on any atom is -0.388 e. The van der Waals surface area contributed by atoms with Gasteiger partial charge in [0.2, 0.25) is 0 Å². The molecule has 2 heterocycles. The van der Waals surface area contributed by atoms with Crippen molar-refractivity contribution in [3.05, 3.63) is 36.3 Å². The van der Waals surface area contributed by atoms with E-state index in [0.717, 1.165) is 0 Å². The number of carbonyl (C=O) groups is 1. The average Bonchev–Trinajstić information content (AvgIpc) is 3.16. The van der Waals surface area contributed by atoms with Crippen LogP contribution in [0.4, 0.5) is 9.18 Å². The van der Waals surface area contributed by atoms with Crippen molar-refractivity contribution in [2.45, 2.75) is 44.7 Å². The average molecular weight is 363 g/mol. The standard InChI is InChI=1S/C17H22FN5O3/c1-10(2)19-17(25)20-16-14(24)9-26-15(16)8-23-7-13(21-22-23)11-4-3-5-12(18)6-11/h3-7,10,14-16,24H,8-9H2,1-2H3,(H2,19,20,25)/t14-,15+,16+/m0/s1. The van der Waals surface area contributed by atoms with Gasteiger partial charge in [0.1, 0.15) is 23.7 Å². The number of benzene rings is 1. The van der Waals surface area contributed by atoms with Gasteiger partial charge in [-0.05, 0) is 26.0 Å². The van der Waals surface area contributed by atoms with Crippen LogP contribution in [0.5, 0.6) is 0 Å². The van der Waals surface area contributed by atoms with Crippen LogP contribution in [-0.2, 0) is 11.3 Å². The number of amides is 2. The Balaban J connectivity index is 1.67. The van der Waals surface area contributed by atoms with Crippen LogP contribution < -0.4 is 10.6 Å². The number of hydrogen-bond acceptors (Lipinski definition) is 5. The van der Waals surface area contributed by atoms with Crippen molar-refractivity contribution >= 4 is 6.03 Å². The Morgan fingerprint density at radius 2 is 2.31 bits per heavy atom. The van der Waals surface area contributed by atoms with Crippen molar-refractivity contribution in [2.75, 3.05) is 6.61 Å². The van der Waals surface area contributed by atoms with Gasteiger partial charge in [-0.25, -0.2) is 13.9 Å². The molecule has 1 saturated heterocycles. The van der Waals surface area contributed by atoms with E-state index in [1.165, 1.54) is 12.1 Å². The Kier molecular flexibility index (Phi) is 5.48. The normalized spacial score (nSPS) is 22.6. The summed E-state index contributed by atoms with van der Waals surface area (Å²) in [5, 5.41) is 23.6. The van der Waals surface area contributed by atoms with Gasteiger partial charge in [-0.2, -0.15) is 0 Å². The van der Waals surface area contributed by atoms with Gasteiger partial charge in [0.25, 0.3) is 0 Å². The summed E-state index contributed by atoms with van der Waals surface area (Å²) in [5.41, 5.74) is 1.15. The number of halogens is 1. The van der Waals surface area contributed by atoms with Crippen molar-refractivity contribution in [3.63, 3.8) is 0 Å². The first kappa shape index (κ1) is 18.3. The number of nitrogens with zero attached hydrogens (tertiary/aromatic N) is 3. The van der Waals surface area contributed by atoms with E-state index in [1.807, 2.05) is 13.8 Å². The van der Waals surface area contributed by atoms with Crippen LogP contribution in [0.3, 0.4) is 0 Å². The third-order valence-corrected chi connectivity index (χ3v) is 4.04. The van der Waals surface area contributed by atoms with E-state index >= 15 is 0 Å². The van der Waals surface area contributed by atoms with Gasteiger partial charge in [-0.3, -0.25) is 0 Å². The highest BCUT2D eigenvalue weighted by Crippen LogP contribution is 2.19. The molecule has 3 N–H and O–H groups in total. The molecule has 2 amide bonds. The highest BCUT2D eigenvalue weighted by atomic mass is 19.1. The molecular weight excluding hydrogens is 341 g/mol. The van der Waals surface area contributed by atoms with E-state index in [-0.39, 0.29) is 24.5 Å². The van der Waals surface area contributed by atoms with Crippen LogP contribution in [0.1, 0.15) is 13.8 Å². The predicted molar refractivity (Wildman–Crippen MR) is 91.8 cm³/mol. The van der Waals surface area contributed by atoms with Gasteiger partial charge in [-0.1, -0.05) is 17.3 Å². The van der Waals surface area contributed by atoms with Gasteiger partial charge in [0.15, 0.2) is 0 Å². The molecule has 1 aromatic heterocycles. The van der Waals surface area contributed by atoms with Crippen LogP contribution in [0.2, 0.25) is 0 Å². The fourth-order valence-corrected chi connectivity index (χ4v) is 2.84. The Bertz CT molecular complexity index is 766. The summed E-state index contributed by atoms with van der Waals surface area (Å²) in [6.07, 6.45) is 0.419. The van der Waals surface area contributed by atoms with Gasteiger partial charge < -0.3 is 20.5 Å². The van der Waals surface area contributed by atoms with Gasteiger partial charge >= 0.3 is 6.03 Å². The van der Waals surface area contributed by atoms with Crippen LogP contribution in [0.15, 0.2) is 30.5 Å². The number of aliphatic hydroxyl groups is 1. The molecule has 26 heavy (non-hydrogen) atoms. The molecule has 0 radical (unpaired) electrons. The first-order valence-electron chi connectivity index (χ1n) is 8.45. The van der Waals surface area contributed by atoms with E-state index in [0.29, 0.717) is 17.8 Å². The number of ether oxygens (including phenoxy) is 1. The molecule has 140 valence electrons. The summed E-state index contributed by atoms with van der Waals surface area (Å²) < 4.78 is 20.5. The molecule has 1 aliphatic rings. The third kappa shape index (κ3) is 4.36. The lowest BCUT2D eigenvalue weighted by Crippen LogP contribution is -2.52. The summed E-state index contributed by atoms with van der Waals surface area (Å²) >= 11 is 0. The molecule has 3 rings (SSSR count). The zero-order valence-corrected chi connectivity index (χ0v) is 14.6. The monoisotopic (exact) mass is 363 g/mol. The second-order valence-electron chi connectivity index (χ2n) is 6.57. The van der Waals surface area contributed by atoms with Crippen molar-refractivity contribution in [1.29, 1.82) is 0 Å². The molecule has 2 aromatic rings. The number of aliphatic hydroxyl groups excluding tert-OH is 1. The highest BCUT2D eigenvalue weighted by molar-refractivity contribution is 5.74. The largest absolute Gasteiger partial charge is 0.388 e. The number of hydrogen-bond donors (Lipinski definition) is 3. The molecule has 0 aliphatic carbocycles. The van der Waals surface area contributed by atoms with Crippen LogP contribution in [0, 0.1) is 5.82 Å². The van der Waals surface area contributed by atoms with E-state index < -0.39 is 18.2 Å². The molecule has 0 unspecified atom stereocenters. The highest BCUT2D eigenvalue weighted by Gasteiger charge is 2.37. The second-order valence-corrected chi connectivity index (χ2v) is 6.57. The summed E-state index contributed by atoms with van der Waals surface area (Å²) in [5.74, 6) is -0.347. The van der Waals surface area contributed by atoms with Crippen LogP contribution >= 0.6 is 0 Å². The lowest BCUT2D eigenvalue weighted by Gasteiger charge is -2.22. The Hall–Kier alpha value is -2.52. The number of nitrogens with one attached hydrogen (secondary N) is 2. The van der Waals surface area contributed by atoms with E-state index in [4.69, 9.17) is 4.74 Å². The molecule has 0 saturated carbocycles. The zero-order valence-electron chi connectivity index (χ0n) is 14.6. The molecule has 1 fully saturated rings. The maximum absolute atomic E-state index is 13.3. The summed E-state index contributed by atoms with van der Waals surface area (Å²) in [6.45, 7) is 4.12. The van der Waals surface area contributed by atoms with Crippen molar-refractivity contribution < 1.29 is 19.0 Å². The first-order valence-corrected chi connectivity index (χ1v) is 8.45. The SMILES string of the molecule is CC(C)NC(=O)N[C@@H]1[C@@H](O)CO[C@@H]1Cn1cc(-c2cccc(F)c2)nn1. The molecule has 0 bridgehead atoms. The maximum Gasteiger partial charge on any atom is 0.315 e. The van der Waals surface area contributed by atoms with Crippen molar-refractivity contribution in [3.8, 4) is 11.3 Å². The lowest BCUT2D eigenvalue weighted by molar-refractivity contribution is 0.0746. The smallest absolute Gasteiger partial charge is 0.315 e. The molecular formula is C17H22FN5O3. The van der Waals surface area contributed by atoms with E-state index in [2.05, 4.69) is 20.9 Å². The molecule has 0 spiro atoms. The number of carbonyl (C=O) groups excluding carboxylic acids is 1. The quantitative estimate of drug-likeness (QED) is 0.733. The number of aromatic nitrogens is 3. The molecule has 3 atom stereocenters. The van der Waals surface area contributed by atoms with Crippen molar-refractivity contribution in [2.24, 2.45) is 0 Å². The second kappa shape index (κ2) is 7.79. The molecule has 9 heteroatoms. The Morgan fingerprint density at radius 3 is 3.04 bits per heavy atom. The third-order valence-electron chi connectivity index (χ3n) is 4.04. The van der Waals surface area contributed by atoms with Gasteiger partial charge in [0.05, 0.1) is 25.4 Å². The summed E-state index contributed by atoms with van der Waals surface area (Å²) in [6, 6.07) is 5.15. The topological polar surface area (TPSA) is 101 Å². The fourth-order valence-electron chi connectivity index (χ4n) is 2.84. The summed E-state index contributed by atoms with van der Waals surface area (Å²) in [7, 11) is 0. The van der Waals surface area contributed by atoms with Gasteiger partial charge in [0, 0.05) is 11.6 Å². The minimum absolute atomic E-state index is 0.0166. The van der Waals surface area contributed by atoms with E-state index in [1.54, 1.807) is 23.0 Å². The molecule has 1 aliphatic heterocycles. The Morgan fingerprint density at radius 1 is 1.50 bits per heavy atom. The molecule has 1 aromatic carbocycles. The maximum atomic E-state index is 13.3. The van der Waals surface area contributed by atoms with E-state index in [9.17, 15) is 14.3 Å². The van der Waals surface area contributed by atoms with Crippen LogP contribution in [-0.4, -0.2) is 57.0 Å². The van der Waals surface area contributed by atoms with Gasteiger partial charge in [-0.15, -0.1) is 5.10 Å². The number of rotatable bonds is 5. The minimum atomic E-state index is -0.802.